The van der Waals surface area contributed by atoms with Gasteiger partial charge in [-0.3, -0.25) is 4.79 Å². The van der Waals surface area contributed by atoms with Crippen molar-refractivity contribution in [1.29, 1.82) is 0 Å². The van der Waals surface area contributed by atoms with E-state index in [9.17, 15) is 4.79 Å². The van der Waals surface area contributed by atoms with E-state index in [1.54, 1.807) is 12.3 Å². The minimum atomic E-state index is -0.257. The Kier molecular flexibility index (Phi) is 5.04. The molecule has 0 saturated heterocycles. The van der Waals surface area contributed by atoms with Crippen LogP contribution in [0.25, 0.3) is 0 Å². The number of hydrogen-bond donors (Lipinski definition) is 2. The van der Waals surface area contributed by atoms with E-state index in [1.165, 1.54) is 11.8 Å². The van der Waals surface area contributed by atoms with Crippen LogP contribution in [-0.4, -0.2) is 22.4 Å². The zero-order valence-corrected chi connectivity index (χ0v) is 12.0. The molecule has 0 saturated carbocycles. The highest BCUT2D eigenvalue weighted by Gasteiger charge is 2.06. The van der Waals surface area contributed by atoms with E-state index in [2.05, 4.69) is 58.4 Å². The van der Waals surface area contributed by atoms with Gasteiger partial charge in [0.25, 0.3) is 5.91 Å². The number of benzene rings is 1. The molecule has 1 amide bonds. The van der Waals surface area contributed by atoms with Crippen LogP contribution in [0.1, 0.15) is 21.6 Å². The molecule has 5 nitrogen and oxygen atoms in total. The van der Waals surface area contributed by atoms with Crippen LogP contribution in [0.15, 0.2) is 49.3 Å². The molecule has 1 aromatic carbocycles. The number of aryl methyl sites for hydroxylation is 1. The van der Waals surface area contributed by atoms with Crippen LogP contribution in [0.4, 0.5) is 5.82 Å². The summed E-state index contributed by atoms with van der Waals surface area (Å²) >= 11 is 0. The lowest BCUT2D eigenvalue weighted by Gasteiger charge is -2.06. The number of nitrogens with one attached hydrogen (secondary N) is 2. The Bertz CT molecular complexity index is 605. The van der Waals surface area contributed by atoms with Gasteiger partial charge in [0.05, 0.1) is 12.4 Å². The van der Waals surface area contributed by atoms with Crippen molar-refractivity contribution in [2.45, 2.75) is 13.5 Å². The molecule has 0 radical (unpaired) electrons. The first-order valence-corrected chi connectivity index (χ1v) is 6.69. The molecule has 0 fully saturated rings. The summed E-state index contributed by atoms with van der Waals surface area (Å²) in [7, 11) is 0. The van der Waals surface area contributed by atoms with E-state index in [-0.39, 0.29) is 11.6 Å². The molecule has 0 atom stereocenters. The number of hydrogen-bond acceptors (Lipinski definition) is 4. The molecule has 0 unspecified atom stereocenters. The molecule has 5 heteroatoms. The zero-order valence-electron chi connectivity index (χ0n) is 12.0. The third kappa shape index (κ3) is 4.42. The largest absolute Gasteiger partial charge is 0.365 e. The topological polar surface area (TPSA) is 66.9 Å². The zero-order chi connectivity index (χ0) is 15.1. The summed E-state index contributed by atoms with van der Waals surface area (Å²) in [6.07, 6.45) is 4.62. The minimum absolute atomic E-state index is 0.257. The van der Waals surface area contributed by atoms with Crippen LogP contribution in [0, 0.1) is 6.92 Å². The van der Waals surface area contributed by atoms with Crippen LogP contribution in [0.3, 0.4) is 0 Å². The molecular weight excluding hydrogens is 264 g/mol. The Morgan fingerprint density at radius 2 is 2.00 bits per heavy atom. The quantitative estimate of drug-likeness (QED) is 0.798. The number of amides is 1. The normalized spacial score (nSPS) is 9.95. The molecule has 1 aromatic heterocycles. The highest BCUT2D eigenvalue weighted by atomic mass is 16.1. The first-order valence-electron chi connectivity index (χ1n) is 6.69. The van der Waals surface area contributed by atoms with Crippen molar-refractivity contribution in [3.8, 4) is 0 Å². The summed E-state index contributed by atoms with van der Waals surface area (Å²) in [5.74, 6) is 0.378. The van der Waals surface area contributed by atoms with Crippen molar-refractivity contribution in [3.63, 3.8) is 0 Å². The fourth-order valence-electron chi connectivity index (χ4n) is 1.69. The van der Waals surface area contributed by atoms with Crippen molar-refractivity contribution in [1.82, 2.24) is 15.3 Å². The molecule has 108 valence electrons. The molecule has 21 heavy (non-hydrogen) atoms. The average Bonchev–Trinajstić information content (AvgIpc) is 2.52. The van der Waals surface area contributed by atoms with Gasteiger partial charge >= 0.3 is 0 Å². The van der Waals surface area contributed by atoms with E-state index in [1.807, 2.05) is 0 Å². The molecule has 0 spiro atoms. The molecule has 0 aliphatic rings. The lowest BCUT2D eigenvalue weighted by Crippen LogP contribution is -2.24. The van der Waals surface area contributed by atoms with Crippen LogP contribution < -0.4 is 10.6 Å². The second-order valence-corrected chi connectivity index (χ2v) is 4.62. The maximum absolute atomic E-state index is 11.6. The van der Waals surface area contributed by atoms with Gasteiger partial charge in [0, 0.05) is 13.1 Å². The maximum Gasteiger partial charge on any atom is 0.271 e. The highest BCUT2D eigenvalue weighted by Crippen LogP contribution is 2.07. The van der Waals surface area contributed by atoms with E-state index < -0.39 is 0 Å². The van der Waals surface area contributed by atoms with Gasteiger partial charge in [-0.2, -0.15) is 0 Å². The van der Waals surface area contributed by atoms with Crippen molar-refractivity contribution in [3.05, 3.63) is 66.1 Å². The third-order valence-corrected chi connectivity index (χ3v) is 2.89. The number of carbonyl (C=O) groups excluding carboxylic acids is 1. The highest BCUT2D eigenvalue weighted by molar-refractivity contribution is 5.92. The summed E-state index contributed by atoms with van der Waals surface area (Å²) in [6.45, 7) is 6.67. The maximum atomic E-state index is 11.6. The molecule has 0 aliphatic heterocycles. The van der Waals surface area contributed by atoms with Gasteiger partial charge in [-0.25, -0.2) is 9.97 Å². The van der Waals surface area contributed by atoms with Gasteiger partial charge in [0.2, 0.25) is 0 Å². The molecule has 2 rings (SSSR count). The van der Waals surface area contributed by atoms with E-state index in [4.69, 9.17) is 0 Å². The minimum Gasteiger partial charge on any atom is -0.365 e. The Morgan fingerprint density at radius 1 is 1.24 bits per heavy atom. The standard InChI is InChI=1S/C16H18N4O/c1-3-8-17-16(21)14-10-20-15(11-18-14)19-9-13-6-4-12(2)5-7-13/h3-7,10-11H,1,8-9H2,2H3,(H,17,21)(H,19,20). The van der Waals surface area contributed by atoms with Gasteiger partial charge in [-0.15, -0.1) is 6.58 Å². The predicted molar refractivity (Wildman–Crippen MR) is 83.1 cm³/mol. The van der Waals surface area contributed by atoms with Crippen molar-refractivity contribution in [2.24, 2.45) is 0 Å². The Morgan fingerprint density at radius 3 is 2.62 bits per heavy atom. The molecule has 0 bridgehead atoms. The fourth-order valence-corrected chi connectivity index (χ4v) is 1.69. The molecule has 2 aromatic rings. The van der Waals surface area contributed by atoms with Gasteiger partial charge in [-0.05, 0) is 12.5 Å². The Hall–Kier alpha value is -2.69. The van der Waals surface area contributed by atoms with Crippen molar-refractivity contribution < 1.29 is 4.79 Å². The predicted octanol–water partition coefficient (Wildman–Crippen LogP) is 2.31. The number of aromatic nitrogens is 2. The Balaban J connectivity index is 1.91. The fraction of sp³-hybridized carbons (Fsp3) is 0.188. The second-order valence-electron chi connectivity index (χ2n) is 4.62. The smallest absolute Gasteiger partial charge is 0.271 e. The van der Waals surface area contributed by atoms with Crippen LogP contribution in [0.2, 0.25) is 0 Å². The summed E-state index contributed by atoms with van der Waals surface area (Å²) in [6, 6.07) is 8.26. The molecule has 2 N–H and O–H groups in total. The van der Waals surface area contributed by atoms with E-state index >= 15 is 0 Å². The molecular formula is C16H18N4O. The van der Waals surface area contributed by atoms with Crippen molar-refractivity contribution >= 4 is 11.7 Å². The summed E-state index contributed by atoms with van der Waals surface area (Å²) in [4.78, 5) is 19.9. The van der Waals surface area contributed by atoms with Gasteiger partial charge in [0.1, 0.15) is 11.5 Å². The summed E-state index contributed by atoms with van der Waals surface area (Å²) in [5.41, 5.74) is 2.68. The SMILES string of the molecule is C=CCNC(=O)c1cnc(NCc2ccc(C)cc2)cn1. The lowest BCUT2D eigenvalue weighted by atomic mass is 10.1. The average molecular weight is 282 g/mol. The number of anilines is 1. The Labute approximate surface area is 124 Å². The monoisotopic (exact) mass is 282 g/mol. The summed E-state index contributed by atoms with van der Waals surface area (Å²) in [5, 5.41) is 5.82. The van der Waals surface area contributed by atoms with Crippen LogP contribution >= 0.6 is 0 Å². The number of rotatable bonds is 6. The third-order valence-electron chi connectivity index (χ3n) is 2.89. The van der Waals surface area contributed by atoms with Gasteiger partial charge < -0.3 is 10.6 Å². The van der Waals surface area contributed by atoms with Gasteiger partial charge in [0.15, 0.2) is 0 Å². The lowest BCUT2D eigenvalue weighted by molar-refractivity contribution is 0.0952. The second kappa shape index (κ2) is 7.19. The first-order chi connectivity index (χ1) is 10.2. The summed E-state index contributed by atoms with van der Waals surface area (Å²) < 4.78 is 0. The first kappa shape index (κ1) is 14.7. The van der Waals surface area contributed by atoms with E-state index in [0.29, 0.717) is 18.9 Å². The van der Waals surface area contributed by atoms with Crippen LogP contribution in [0.5, 0.6) is 0 Å². The molecule has 0 aliphatic carbocycles. The van der Waals surface area contributed by atoms with E-state index in [0.717, 1.165) is 5.56 Å². The van der Waals surface area contributed by atoms with Crippen molar-refractivity contribution in [2.75, 3.05) is 11.9 Å². The van der Waals surface area contributed by atoms with Crippen LogP contribution in [-0.2, 0) is 6.54 Å². The number of nitrogens with zero attached hydrogens (tertiary/aromatic N) is 2. The number of carbonyl (C=O) groups is 1. The van der Waals surface area contributed by atoms with Gasteiger partial charge in [-0.1, -0.05) is 35.9 Å². The molecule has 1 heterocycles.